The number of benzene rings is 2. The van der Waals surface area contributed by atoms with Gasteiger partial charge in [-0.15, -0.1) is 0 Å². The molecule has 3 N–H and O–H groups in total. The summed E-state index contributed by atoms with van der Waals surface area (Å²) in [6.45, 7) is 0. The van der Waals surface area contributed by atoms with Crippen LogP contribution in [0.4, 0.5) is 10.5 Å². The Hall–Kier alpha value is -3.15. The minimum atomic E-state index is -1.30. The smallest absolute Gasteiger partial charge is 0.406 e. The Bertz CT molecular complexity index is 834. The lowest BCUT2D eigenvalue weighted by Crippen LogP contribution is -2.41. The van der Waals surface area contributed by atoms with Crippen LogP contribution in [0.5, 0.6) is 0 Å². The van der Waals surface area contributed by atoms with Gasteiger partial charge in [0.1, 0.15) is 0 Å². The van der Waals surface area contributed by atoms with Gasteiger partial charge < -0.3 is 10.4 Å². The van der Waals surface area contributed by atoms with Crippen LogP contribution in [0, 0.1) is 0 Å². The molecule has 0 bridgehead atoms. The Balaban J connectivity index is 0.000000320. The molecule has 1 aliphatic heterocycles. The van der Waals surface area contributed by atoms with E-state index in [9.17, 15) is 9.59 Å². The normalized spacial score (nSPS) is 18.4. The minimum Gasteiger partial charge on any atom is -0.465 e. The Morgan fingerprint density at radius 1 is 0.929 bits per heavy atom. The molecule has 2 aromatic rings. The molecule has 0 spiro atoms. The van der Waals surface area contributed by atoms with Crippen molar-refractivity contribution in [2.45, 2.75) is 44.7 Å². The number of carbonyl (C=O) groups excluding carboxylic acids is 1. The van der Waals surface area contributed by atoms with E-state index >= 15 is 0 Å². The quantitative estimate of drug-likeness (QED) is 0.722. The van der Waals surface area contributed by atoms with E-state index in [-0.39, 0.29) is 0 Å². The van der Waals surface area contributed by atoms with E-state index in [1.165, 1.54) is 38.5 Å². The fourth-order valence-corrected chi connectivity index (χ4v) is 3.36. The number of nitrogens with one attached hydrogen (secondary N) is 2. The lowest BCUT2D eigenvalue weighted by Gasteiger charge is -2.10. The van der Waals surface area contributed by atoms with Crippen molar-refractivity contribution in [3.8, 4) is 0 Å². The molecule has 6 heteroatoms. The average Bonchev–Trinajstić information content (AvgIpc) is 2.87. The highest BCUT2D eigenvalue weighted by Gasteiger charge is 2.26. The molecule has 1 fully saturated rings. The highest BCUT2D eigenvalue weighted by atomic mass is 16.4. The number of rotatable bonds is 2. The minimum absolute atomic E-state index is 0.513. The number of benzodiazepines with no additional fused rings is 1. The van der Waals surface area contributed by atoms with Crippen molar-refractivity contribution < 1.29 is 14.7 Å². The molecular weight excluding hydrogens is 354 g/mol. The monoisotopic (exact) mass is 379 g/mol. The van der Waals surface area contributed by atoms with Crippen molar-refractivity contribution in [2.75, 3.05) is 5.32 Å². The van der Waals surface area contributed by atoms with Crippen LogP contribution in [0.25, 0.3) is 0 Å². The fourth-order valence-electron chi connectivity index (χ4n) is 3.36. The molecule has 0 radical (unpaired) electrons. The number of hydrogen-bond donors (Lipinski definition) is 3. The maximum absolute atomic E-state index is 12.1. The van der Waals surface area contributed by atoms with E-state index in [2.05, 4.69) is 15.6 Å². The molecule has 6 nitrogen and oxygen atoms in total. The number of hydrogen-bond acceptors (Lipinski definition) is 3. The SMILES string of the molecule is C1CCCCC1.O=C(O)NC1N=C(c2ccccc2)c2ccccc2NC1=O. The second kappa shape index (κ2) is 9.69. The van der Waals surface area contributed by atoms with Gasteiger partial charge in [0.25, 0.3) is 5.91 Å². The Labute approximate surface area is 164 Å². The zero-order valence-electron chi connectivity index (χ0n) is 15.7. The van der Waals surface area contributed by atoms with Crippen molar-refractivity contribution in [3.63, 3.8) is 0 Å². The first-order valence-corrected chi connectivity index (χ1v) is 9.68. The van der Waals surface area contributed by atoms with Crippen molar-refractivity contribution in [2.24, 2.45) is 4.99 Å². The van der Waals surface area contributed by atoms with Crippen molar-refractivity contribution >= 4 is 23.4 Å². The fraction of sp³-hybridized carbons (Fsp3) is 0.318. The van der Waals surface area contributed by atoms with Gasteiger partial charge in [-0.3, -0.25) is 10.1 Å². The van der Waals surface area contributed by atoms with Crippen LogP contribution >= 0.6 is 0 Å². The molecule has 0 saturated heterocycles. The summed E-state index contributed by atoms with van der Waals surface area (Å²) < 4.78 is 0. The van der Waals surface area contributed by atoms with Crippen LogP contribution in [0.15, 0.2) is 59.6 Å². The third-order valence-electron chi connectivity index (χ3n) is 4.75. The standard InChI is InChI=1S/C16H13N3O3.C6H12/c20-15-14(19-16(21)22)18-13(10-6-2-1-3-7-10)11-8-4-5-9-12(11)17-15;1-2-4-6-5-3-1/h1-9,14,19H,(H,17,20)(H,21,22);1-6H2. The van der Waals surface area contributed by atoms with E-state index in [1.807, 2.05) is 42.5 Å². The average molecular weight is 379 g/mol. The van der Waals surface area contributed by atoms with Gasteiger partial charge in [0.2, 0.25) is 6.17 Å². The summed E-state index contributed by atoms with van der Waals surface area (Å²) in [7, 11) is 0. The van der Waals surface area contributed by atoms with Crippen molar-refractivity contribution in [1.82, 2.24) is 5.32 Å². The first-order valence-electron chi connectivity index (χ1n) is 9.68. The number of fused-ring (bicyclic) bond motifs is 1. The lowest BCUT2D eigenvalue weighted by molar-refractivity contribution is -0.117. The second-order valence-electron chi connectivity index (χ2n) is 6.85. The number of para-hydroxylation sites is 1. The Morgan fingerprint density at radius 3 is 2.11 bits per heavy atom. The van der Waals surface area contributed by atoms with E-state index in [1.54, 1.807) is 12.1 Å². The number of carbonyl (C=O) groups is 2. The molecule has 1 atom stereocenters. The Kier molecular flexibility index (Phi) is 6.78. The van der Waals surface area contributed by atoms with Crippen LogP contribution < -0.4 is 10.6 Å². The molecule has 2 aliphatic rings. The summed E-state index contributed by atoms with van der Waals surface area (Å²) in [4.78, 5) is 27.3. The summed E-state index contributed by atoms with van der Waals surface area (Å²) in [6.07, 6.45) is 6.50. The molecule has 2 aromatic carbocycles. The summed E-state index contributed by atoms with van der Waals surface area (Å²) in [6, 6.07) is 16.6. The topological polar surface area (TPSA) is 90.8 Å². The number of nitrogens with zero attached hydrogens (tertiary/aromatic N) is 1. The number of anilines is 1. The third-order valence-corrected chi connectivity index (χ3v) is 4.75. The van der Waals surface area contributed by atoms with Gasteiger partial charge in [-0.25, -0.2) is 9.79 Å². The van der Waals surface area contributed by atoms with Gasteiger partial charge in [0, 0.05) is 11.1 Å². The molecular formula is C22H25N3O3. The summed E-state index contributed by atoms with van der Waals surface area (Å²) in [5.74, 6) is -0.513. The molecule has 4 rings (SSSR count). The van der Waals surface area contributed by atoms with Crippen LogP contribution in [0.2, 0.25) is 0 Å². The highest BCUT2D eigenvalue weighted by Crippen LogP contribution is 2.23. The maximum Gasteiger partial charge on any atom is 0.406 e. The van der Waals surface area contributed by atoms with Gasteiger partial charge in [0.15, 0.2) is 0 Å². The van der Waals surface area contributed by atoms with Crippen LogP contribution in [-0.2, 0) is 4.79 Å². The van der Waals surface area contributed by atoms with E-state index < -0.39 is 18.2 Å². The molecule has 28 heavy (non-hydrogen) atoms. The molecule has 2 amide bonds. The van der Waals surface area contributed by atoms with Crippen molar-refractivity contribution in [3.05, 3.63) is 65.7 Å². The lowest BCUT2D eigenvalue weighted by atomic mass is 10.0. The number of carboxylic acid groups (broad SMARTS) is 1. The van der Waals surface area contributed by atoms with Gasteiger partial charge in [0.05, 0.1) is 11.4 Å². The third kappa shape index (κ3) is 5.19. The first-order chi connectivity index (χ1) is 13.6. The second-order valence-corrected chi connectivity index (χ2v) is 6.85. The Morgan fingerprint density at radius 2 is 1.50 bits per heavy atom. The van der Waals surface area contributed by atoms with Gasteiger partial charge in [-0.2, -0.15) is 0 Å². The highest BCUT2D eigenvalue weighted by molar-refractivity contribution is 6.19. The predicted octanol–water partition coefficient (Wildman–Crippen LogP) is 4.41. The van der Waals surface area contributed by atoms with E-state index in [0.29, 0.717) is 11.4 Å². The molecule has 1 unspecified atom stereocenters. The van der Waals surface area contributed by atoms with Crippen LogP contribution in [0.3, 0.4) is 0 Å². The van der Waals surface area contributed by atoms with Gasteiger partial charge >= 0.3 is 6.09 Å². The summed E-state index contributed by atoms with van der Waals surface area (Å²) in [5, 5.41) is 13.7. The first kappa shape index (κ1) is 19.6. The predicted molar refractivity (Wildman–Crippen MR) is 110 cm³/mol. The zero-order valence-corrected chi connectivity index (χ0v) is 15.7. The number of aliphatic imine (C=N–C) groups is 1. The largest absolute Gasteiger partial charge is 0.465 e. The molecule has 0 aromatic heterocycles. The van der Waals surface area contributed by atoms with Crippen LogP contribution in [0.1, 0.15) is 49.7 Å². The van der Waals surface area contributed by atoms with E-state index in [0.717, 1.165) is 11.1 Å². The summed E-state index contributed by atoms with van der Waals surface area (Å²) in [5.41, 5.74) is 2.72. The summed E-state index contributed by atoms with van der Waals surface area (Å²) >= 11 is 0. The van der Waals surface area contributed by atoms with Gasteiger partial charge in [-0.05, 0) is 6.07 Å². The van der Waals surface area contributed by atoms with Crippen LogP contribution in [-0.4, -0.2) is 29.0 Å². The molecule has 146 valence electrons. The molecule has 1 saturated carbocycles. The van der Waals surface area contributed by atoms with E-state index in [4.69, 9.17) is 5.11 Å². The molecule has 1 heterocycles. The molecule has 1 aliphatic carbocycles. The number of amides is 2. The zero-order chi connectivity index (χ0) is 19.8. The maximum atomic E-state index is 12.1. The van der Waals surface area contributed by atoms with Crippen molar-refractivity contribution in [1.29, 1.82) is 0 Å². The van der Waals surface area contributed by atoms with Gasteiger partial charge in [-0.1, -0.05) is 87.1 Å².